The smallest absolute Gasteiger partial charge is 0.475 e. The molecule has 0 aromatic rings. The van der Waals surface area contributed by atoms with Gasteiger partial charge in [0.25, 0.3) is 0 Å². The number of nitrogens with one attached hydrogen (secondary N) is 2. The summed E-state index contributed by atoms with van der Waals surface area (Å²) in [5, 5.41) is 47.1. The van der Waals surface area contributed by atoms with E-state index in [4.69, 9.17) is 21.4 Å². The van der Waals surface area contributed by atoms with Crippen LogP contribution in [0.2, 0.25) is 0 Å². The van der Waals surface area contributed by atoms with Gasteiger partial charge in [0, 0.05) is 60.7 Å². The molecule has 41 heavy (non-hydrogen) atoms. The Hall–Kier alpha value is 0.240. The van der Waals surface area contributed by atoms with Gasteiger partial charge < -0.3 is 37.0 Å². The highest BCUT2D eigenvalue weighted by Gasteiger charge is 2.38. The van der Waals surface area contributed by atoms with Crippen molar-refractivity contribution in [2.75, 3.05) is 72.2 Å². The molecule has 14 nitrogen and oxygen atoms in total. The molecule has 4 atom stereocenters. The van der Waals surface area contributed by atoms with E-state index in [2.05, 4.69) is 9.44 Å². The van der Waals surface area contributed by atoms with Gasteiger partial charge in [-0.25, -0.2) is 31.1 Å². The van der Waals surface area contributed by atoms with Gasteiger partial charge in [-0.1, -0.05) is 21.6 Å². The minimum Gasteiger partial charge on any atom is -0.475 e. The molecule has 0 rings (SSSR count). The van der Waals surface area contributed by atoms with Crippen molar-refractivity contribution in [3.63, 3.8) is 0 Å². The average Bonchev–Trinajstić information content (AvgIpc) is 2.88. The molecule has 248 valence electrons. The molecular weight excluding hydrogens is 682 g/mol. The standard InChI is InChI=1S/C16H38N4O8S6.C2HF3O2/c17-1-3-19-33(25,26)7-5-29-9-13(21)15(23)11-31-32-12-16(24)14(22)10-30-6-8-34(27,28)20-4-2-18;3-2(4,5)1(6)7/h13-16,19-24H,1-12,17-18H2;(H,6,7). The zero-order chi connectivity index (χ0) is 32.1. The fourth-order valence-electron chi connectivity index (χ4n) is 2.00. The van der Waals surface area contributed by atoms with E-state index in [-0.39, 0.29) is 72.2 Å². The summed E-state index contributed by atoms with van der Waals surface area (Å²) in [6, 6.07) is 0. The van der Waals surface area contributed by atoms with E-state index in [1.165, 1.54) is 45.1 Å². The SMILES string of the molecule is NCCNS(=O)(=O)CCSCC(O)C(O)CSSCC(O)C(O)CSCCS(=O)(=O)NCCN.O=C(O)C(F)(F)F. The Labute approximate surface area is 254 Å². The van der Waals surface area contributed by atoms with E-state index in [1.54, 1.807) is 0 Å². The molecule has 0 aromatic carbocycles. The van der Waals surface area contributed by atoms with Gasteiger partial charge in [-0.3, -0.25) is 0 Å². The zero-order valence-electron chi connectivity index (χ0n) is 21.8. The van der Waals surface area contributed by atoms with Crippen LogP contribution >= 0.6 is 45.1 Å². The van der Waals surface area contributed by atoms with Crippen molar-refractivity contribution in [3.8, 4) is 0 Å². The molecule has 0 heterocycles. The molecule has 0 aliphatic rings. The molecule has 0 amide bonds. The van der Waals surface area contributed by atoms with E-state index >= 15 is 0 Å². The highest BCUT2D eigenvalue weighted by molar-refractivity contribution is 8.76. The summed E-state index contributed by atoms with van der Waals surface area (Å²) >= 11 is 2.43. The Kier molecular flexibility index (Phi) is 25.0. The predicted molar refractivity (Wildman–Crippen MR) is 159 cm³/mol. The lowest BCUT2D eigenvalue weighted by molar-refractivity contribution is -0.192. The lowest BCUT2D eigenvalue weighted by atomic mass is 10.3. The van der Waals surface area contributed by atoms with Gasteiger partial charge in [-0.05, 0) is 0 Å². The number of alkyl halides is 3. The summed E-state index contributed by atoms with van der Waals surface area (Å²) in [5.41, 5.74) is 10.5. The maximum Gasteiger partial charge on any atom is 0.490 e. The summed E-state index contributed by atoms with van der Waals surface area (Å²) in [4.78, 5) is 8.90. The molecule has 0 radical (unpaired) electrons. The van der Waals surface area contributed by atoms with Crippen LogP contribution in [0, 0.1) is 0 Å². The number of aliphatic carboxylic acids is 1. The monoisotopic (exact) mass is 720 g/mol. The second kappa shape index (κ2) is 23.6. The molecule has 0 saturated heterocycles. The first-order chi connectivity index (χ1) is 18.9. The Morgan fingerprint density at radius 3 is 1.27 bits per heavy atom. The van der Waals surface area contributed by atoms with Gasteiger partial charge in [0.15, 0.2) is 0 Å². The van der Waals surface area contributed by atoms with Gasteiger partial charge >= 0.3 is 12.1 Å². The molecule has 4 unspecified atom stereocenters. The number of carboxylic acid groups (broad SMARTS) is 1. The average molecular weight is 721 g/mol. The summed E-state index contributed by atoms with van der Waals surface area (Å²) in [6.07, 6.45) is -9.19. The molecule has 0 fully saturated rings. The predicted octanol–water partition coefficient (Wildman–Crippen LogP) is -2.33. The number of nitrogens with two attached hydrogens (primary N) is 2. The van der Waals surface area contributed by atoms with E-state index in [9.17, 15) is 50.4 Å². The van der Waals surface area contributed by atoms with Crippen LogP contribution in [0.15, 0.2) is 0 Å². The largest absolute Gasteiger partial charge is 0.490 e. The van der Waals surface area contributed by atoms with Crippen LogP contribution in [-0.4, -0.2) is 151 Å². The molecule has 0 aliphatic carbocycles. The third-order valence-corrected chi connectivity index (χ3v) is 12.1. The van der Waals surface area contributed by atoms with Gasteiger partial charge in [-0.15, -0.1) is 0 Å². The minimum atomic E-state index is -5.08. The molecule has 11 N–H and O–H groups in total. The minimum absolute atomic E-state index is 0.107. The van der Waals surface area contributed by atoms with Crippen LogP contribution in [-0.2, 0) is 24.8 Å². The number of rotatable bonds is 23. The Bertz CT molecular complexity index is 846. The van der Waals surface area contributed by atoms with Crippen molar-refractivity contribution in [2.24, 2.45) is 11.5 Å². The third-order valence-electron chi connectivity index (χ3n) is 4.19. The number of carboxylic acids is 1. The number of hydrogen-bond acceptors (Lipinski definition) is 15. The highest BCUT2D eigenvalue weighted by Crippen LogP contribution is 2.25. The number of aliphatic hydroxyl groups excluding tert-OH is 4. The van der Waals surface area contributed by atoms with E-state index in [0.29, 0.717) is 0 Å². The molecule has 0 spiro atoms. The quantitative estimate of drug-likeness (QED) is 0.0396. The van der Waals surface area contributed by atoms with Crippen molar-refractivity contribution in [1.29, 1.82) is 0 Å². The van der Waals surface area contributed by atoms with Crippen LogP contribution in [0.1, 0.15) is 0 Å². The topological polar surface area (TPSA) is 263 Å². The molecule has 0 saturated carbocycles. The fraction of sp³-hybridized carbons (Fsp3) is 0.944. The summed E-state index contributed by atoms with van der Waals surface area (Å²) in [6.45, 7) is 0.765. The van der Waals surface area contributed by atoms with Crippen molar-refractivity contribution in [3.05, 3.63) is 0 Å². The molecule has 23 heteroatoms. The van der Waals surface area contributed by atoms with Crippen LogP contribution in [0.5, 0.6) is 0 Å². The second-order valence-electron chi connectivity index (χ2n) is 7.79. The molecule has 0 aromatic heterocycles. The normalized spacial score (nSPS) is 15.4. The summed E-state index contributed by atoms with van der Waals surface area (Å²) in [5.74, 6) is -1.71. The Morgan fingerprint density at radius 2 is 1.00 bits per heavy atom. The molecule has 0 bridgehead atoms. The Balaban J connectivity index is 0. The Morgan fingerprint density at radius 1 is 0.707 bits per heavy atom. The number of carbonyl (C=O) groups is 1. The first kappa shape index (κ1) is 43.4. The van der Waals surface area contributed by atoms with Crippen molar-refractivity contribution < 1.29 is 60.3 Å². The number of hydrogen-bond donors (Lipinski definition) is 9. The first-order valence-corrected chi connectivity index (χ1v) is 19.8. The van der Waals surface area contributed by atoms with Crippen LogP contribution in [0.3, 0.4) is 0 Å². The number of sulfonamides is 2. The maximum absolute atomic E-state index is 11.6. The van der Waals surface area contributed by atoms with E-state index in [0.717, 1.165) is 0 Å². The lowest BCUT2D eigenvalue weighted by Gasteiger charge is -2.19. The number of thioether (sulfide) groups is 2. The summed E-state index contributed by atoms with van der Waals surface area (Å²) in [7, 11) is -4.33. The van der Waals surface area contributed by atoms with E-state index < -0.39 is 56.6 Å². The van der Waals surface area contributed by atoms with E-state index in [1.807, 2.05) is 0 Å². The van der Waals surface area contributed by atoms with Gasteiger partial charge in [0.2, 0.25) is 20.0 Å². The summed E-state index contributed by atoms with van der Waals surface area (Å²) < 4.78 is 82.9. The second-order valence-corrected chi connectivity index (χ2v) is 16.5. The number of aliphatic hydroxyl groups is 4. The molecule has 0 aliphatic heterocycles. The third kappa shape index (κ3) is 26.4. The van der Waals surface area contributed by atoms with Gasteiger partial charge in [0.1, 0.15) is 0 Å². The van der Waals surface area contributed by atoms with Gasteiger partial charge in [0.05, 0.1) is 35.9 Å². The maximum atomic E-state index is 11.6. The highest BCUT2D eigenvalue weighted by atomic mass is 33.1. The first-order valence-electron chi connectivity index (χ1n) is 11.7. The number of halogens is 3. The lowest BCUT2D eigenvalue weighted by Crippen LogP contribution is -2.33. The zero-order valence-corrected chi connectivity index (χ0v) is 26.7. The van der Waals surface area contributed by atoms with Crippen molar-refractivity contribution in [1.82, 2.24) is 9.44 Å². The van der Waals surface area contributed by atoms with Crippen LogP contribution in [0.25, 0.3) is 0 Å². The van der Waals surface area contributed by atoms with Crippen LogP contribution < -0.4 is 20.9 Å². The fourth-order valence-corrected chi connectivity index (χ4v) is 9.43. The van der Waals surface area contributed by atoms with Crippen molar-refractivity contribution >= 4 is 71.1 Å². The van der Waals surface area contributed by atoms with Crippen molar-refractivity contribution in [2.45, 2.75) is 30.6 Å². The van der Waals surface area contributed by atoms with Crippen LogP contribution in [0.4, 0.5) is 13.2 Å². The van der Waals surface area contributed by atoms with Gasteiger partial charge in [-0.2, -0.15) is 36.7 Å². The molecular formula is C18H39F3N4O10S6.